The zero-order chi connectivity index (χ0) is 13.3. The second-order valence-electron chi connectivity index (χ2n) is 4.57. The van der Waals surface area contributed by atoms with E-state index in [4.69, 9.17) is 22.0 Å². The predicted molar refractivity (Wildman–Crippen MR) is 68.7 cm³/mol. The summed E-state index contributed by atoms with van der Waals surface area (Å²) >= 11 is 5.96. The number of halogens is 1. The highest BCUT2D eigenvalue weighted by molar-refractivity contribution is 6.32. The van der Waals surface area contributed by atoms with Gasteiger partial charge in [0.25, 0.3) is 0 Å². The minimum atomic E-state index is -0.752. The van der Waals surface area contributed by atoms with Crippen molar-refractivity contribution in [2.45, 2.75) is 6.92 Å². The molecule has 1 aromatic rings. The van der Waals surface area contributed by atoms with E-state index in [0.717, 1.165) is 18.8 Å². The molecule has 94 valence electrons. The third-order valence-electron chi connectivity index (χ3n) is 3.44. The molecule has 0 aliphatic carbocycles. The molecule has 0 amide bonds. The van der Waals surface area contributed by atoms with Gasteiger partial charge in [0.15, 0.2) is 0 Å². The van der Waals surface area contributed by atoms with E-state index in [0.29, 0.717) is 10.6 Å². The summed E-state index contributed by atoms with van der Waals surface area (Å²) in [5.41, 5.74) is 1.39. The van der Waals surface area contributed by atoms with Crippen molar-refractivity contribution >= 4 is 23.3 Å². The first kappa shape index (κ1) is 12.7. The molecule has 1 N–H and O–H groups in total. The Morgan fingerprint density at radius 2 is 2.28 bits per heavy atom. The van der Waals surface area contributed by atoms with E-state index in [1.165, 1.54) is 0 Å². The molecule has 5 heteroatoms. The number of anilines is 1. The minimum absolute atomic E-state index is 0.178. The molecular weight excluding hydrogens is 252 g/mol. The molecule has 1 aliphatic rings. The van der Waals surface area contributed by atoms with Crippen LogP contribution < -0.4 is 4.90 Å². The molecule has 1 atom stereocenters. The molecule has 4 nitrogen and oxygen atoms in total. The van der Waals surface area contributed by atoms with Crippen LogP contribution in [-0.4, -0.2) is 24.2 Å². The first-order valence-electron chi connectivity index (χ1n) is 5.70. The second kappa shape index (κ2) is 4.87. The van der Waals surface area contributed by atoms with Gasteiger partial charge in [0.05, 0.1) is 16.5 Å². The molecule has 0 bridgehead atoms. The lowest BCUT2D eigenvalue weighted by Gasteiger charge is -2.43. The van der Waals surface area contributed by atoms with Gasteiger partial charge >= 0.3 is 5.97 Å². The maximum Gasteiger partial charge on any atom is 0.306 e. The summed E-state index contributed by atoms with van der Waals surface area (Å²) in [5, 5.41) is 18.1. The molecule has 0 aromatic heterocycles. The van der Waals surface area contributed by atoms with Crippen molar-refractivity contribution in [2.75, 3.05) is 18.0 Å². The van der Waals surface area contributed by atoms with Crippen LogP contribution in [0.3, 0.4) is 0 Å². The molecule has 1 unspecified atom stereocenters. The lowest BCUT2D eigenvalue weighted by Crippen LogP contribution is -2.51. The lowest BCUT2D eigenvalue weighted by atomic mass is 9.86. The van der Waals surface area contributed by atoms with Crippen molar-refractivity contribution in [1.82, 2.24) is 0 Å². The van der Waals surface area contributed by atoms with Gasteiger partial charge in [-0.3, -0.25) is 4.79 Å². The molecule has 1 aromatic carbocycles. The SMILES string of the molecule is CC(C(=O)O)C1CN(c2ccc(C#N)c(Cl)c2)C1. The van der Waals surface area contributed by atoms with E-state index in [1.54, 1.807) is 19.1 Å². The second-order valence-corrected chi connectivity index (χ2v) is 4.98. The van der Waals surface area contributed by atoms with Crippen LogP contribution in [0.25, 0.3) is 0 Å². The van der Waals surface area contributed by atoms with Crippen LogP contribution in [-0.2, 0) is 4.79 Å². The summed E-state index contributed by atoms with van der Waals surface area (Å²) < 4.78 is 0. The highest BCUT2D eigenvalue weighted by atomic mass is 35.5. The summed E-state index contributed by atoms with van der Waals surface area (Å²) in [4.78, 5) is 12.9. The average Bonchev–Trinajstić information content (AvgIpc) is 2.27. The number of nitrogens with zero attached hydrogens (tertiary/aromatic N) is 2. The number of hydrogen-bond acceptors (Lipinski definition) is 3. The highest BCUT2D eigenvalue weighted by Crippen LogP contribution is 2.31. The first-order chi connectivity index (χ1) is 8.52. The van der Waals surface area contributed by atoms with Crippen molar-refractivity contribution in [1.29, 1.82) is 5.26 Å². The van der Waals surface area contributed by atoms with Gasteiger partial charge in [-0.15, -0.1) is 0 Å². The number of aliphatic carboxylic acids is 1. The van der Waals surface area contributed by atoms with Crippen molar-refractivity contribution in [3.63, 3.8) is 0 Å². The number of carboxylic acid groups (broad SMARTS) is 1. The van der Waals surface area contributed by atoms with Crippen LogP contribution >= 0.6 is 11.6 Å². The van der Waals surface area contributed by atoms with Crippen LogP contribution in [0.1, 0.15) is 12.5 Å². The van der Waals surface area contributed by atoms with E-state index in [-0.39, 0.29) is 11.8 Å². The molecule has 1 aliphatic heterocycles. The third kappa shape index (κ3) is 2.27. The van der Waals surface area contributed by atoms with Crippen molar-refractivity contribution in [3.8, 4) is 6.07 Å². The summed E-state index contributed by atoms with van der Waals surface area (Å²) in [7, 11) is 0. The molecular formula is C13H13ClN2O2. The molecule has 0 saturated carbocycles. The van der Waals surface area contributed by atoms with E-state index < -0.39 is 5.97 Å². The van der Waals surface area contributed by atoms with Crippen LogP contribution in [0.5, 0.6) is 0 Å². The van der Waals surface area contributed by atoms with Gasteiger partial charge < -0.3 is 10.0 Å². The molecule has 1 fully saturated rings. The fraction of sp³-hybridized carbons (Fsp3) is 0.385. The van der Waals surface area contributed by atoms with Gasteiger partial charge in [0, 0.05) is 24.7 Å². The van der Waals surface area contributed by atoms with E-state index in [9.17, 15) is 4.79 Å². The van der Waals surface area contributed by atoms with Crippen LogP contribution in [0.2, 0.25) is 5.02 Å². The van der Waals surface area contributed by atoms with Gasteiger partial charge in [-0.25, -0.2) is 0 Å². The number of hydrogen-bond donors (Lipinski definition) is 1. The van der Waals surface area contributed by atoms with Crippen LogP contribution in [0.15, 0.2) is 18.2 Å². The number of carboxylic acids is 1. The topological polar surface area (TPSA) is 64.3 Å². The Morgan fingerprint density at radius 1 is 1.61 bits per heavy atom. The Hall–Kier alpha value is -1.73. The van der Waals surface area contributed by atoms with Gasteiger partial charge in [-0.05, 0) is 18.2 Å². The molecule has 2 rings (SSSR count). The largest absolute Gasteiger partial charge is 0.481 e. The Kier molecular flexibility index (Phi) is 3.44. The normalized spacial score (nSPS) is 16.8. The van der Waals surface area contributed by atoms with Gasteiger partial charge in [-0.2, -0.15) is 5.26 Å². The lowest BCUT2D eigenvalue weighted by molar-refractivity contribution is -0.143. The fourth-order valence-electron chi connectivity index (χ4n) is 2.03. The summed E-state index contributed by atoms with van der Waals surface area (Å²) in [6.45, 7) is 3.17. The Bertz CT molecular complexity index is 518. The first-order valence-corrected chi connectivity index (χ1v) is 6.08. The van der Waals surface area contributed by atoms with Crippen LogP contribution in [0.4, 0.5) is 5.69 Å². The molecule has 1 saturated heterocycles. The van der Waals surface area contributed by atoms with Crippen molar-refractivity contribution < 1.29 is 9.90 Å². The fourth-order valence-corrected chi connectivity index (χ4v) is 2.25. The Balaban J connectivity index is 2.03. The standard InChI is InChI=1S/C13H13ClN2O2/c1-8(13(17)18)10-6-16(7-10)11-3-2-9(5-15)12(14)4-11/h2-4,8,10H,6-7H2,1H3,(H,17,18). The third-order valence-corrected chi connectivity index (χ3v) is 3.76. The number of rotatable bonds is 3. The quantitative estimate of drug-likeness (QED) is 0.910. The Labute approximate surface area is 110 Å². The minimum Gasteiger partial charge on any atom is -0.481 e. The number of benzene rings is 1. The van der Waals surface area contributed by atoms with E-state index in [1.807, 2.05) is 12.1 Å². The number of nitriles is 1. The van der Waals surface area contributed by atoms with Gasteiger partial charge in [0.1, 0.15) is 6.07 Å². The van der Waals surface area contributed by atoms with E-state index in [2.05, 4.69) is 4.90 Å². The maximum atomic E-state index is 10.8. The van der Waals surface area contributed by atoms with Gasteiger partial charge in [-0.1, -0.05) is 18.5 Å². The zero-order valence-electron chi connectivity index (χ0n) is 9.93. The molecule has 1 heterocycles. The molecule has 0 radical (unpaired) electrons. The van der Waals surface area contributed by atoms with Crippen molar-refractivity contribution in [2.24, 2.45) is 11.8 Å². The molecule has 18 heavy (non-hydrogen) atoms. The maximum absolute atomic E-state index is 10.8. The summed E-state index contributed by atoms with van der Waals surface area (Å²) in [6.07, 6.45) is 0. The average molecular weight is 265 g/mol. The van der Waals surface area contributed by atoms with Crippen molar-refractivity contribution in [3.05, 3.63) is 28.8 Å². The van der Waals surface area contributed by atoms with E-state index >= 15 is 0 Å². The predicted octanol–water partition coefficient (Wildman–Crippen LogP) is 2.37. The Morgan fingerprint density at radius 3 is 2.78 bits per heavy atom. The highest BCUT2D eigenvalue weighted by Gasteiger charge is 2.34. The monoisotopic (exact) mass is 264 g/mol. The summed E-state index contributed by atoms with van der Waals surface area (Å²) in [6, 6.07) is 7.29. The molecule has 0 spiro atoms. The summed E-state index contributed by atoms with van der Waals surface area (Å²) in [5.74, 6) is -0.899. The zero-order valence-corrected chi connectivity index (χ0v) is 10.7. The van der Waals surface area contributed by atoms with Gasteiger partial charge in [0.2, 0.25) is 0 Å². The number of carbonyl (C=O) groups is 1. The van der Waals surface area contributed by atoms with Crippen LogP contribution in [0, 0.1) is 23.2 Å². The smallest absolute Gasteiger partial charge is 0.306 e.